The molecule has 7 nitrogen and oxygen atoms in total. The highest BCUT2D eigenvalue weighted by Gasteiger charge is 2.28. The molecule has 0 radical (unpaired) electrons. The Bertz CT molecular complexity index is 956. The summed E-state index contributed by atoms with van der Waals surface area (Å²) < 4.78 is 11.9. The van der Waals surface area contributed by atoms with Gasteiger partial charge in [-0.05, 0) is 51.7 Å². The zero-order valence-corrected chi connectivity index (χ0v) is 20.6. The maximum absolute atomic E-state index is 12.4. The molecule has 0 aliphatic carbocycles. The minimum absolute atomic E-state index is 0.361. The van der Waals surface area contributed by atoms with Gasteiger partial charge >= 0.3 is 5.97 Å². The fourth-order valence-corrected chi connectivity index (χ4v) is 5.48. The van der Waals surface area contributed by atoms with E-state index >= 15 is 0 Å². The van der Waals surface area contributed by atoms with Crippen molar-refractivity contribution in [2.75, 3.05) is 50.8 Å². The van der Waals surface area contributed by atoms with Crippen molar-refractivity contribution in [2.45, 2.75) is 65.6 Å². The first-order chi connectivity index (χ1) is 15.9. The van der Waals surface area contributed by atoms with Crippen LogP contribution >= 0.6 is 0 Å². The summed E-state index contributed by atoms with van der Waals surface area (Å²) in [5.74, 6) is -0.0292. The molecule has 0 saturated carbocycles. The van der Waals surface area contributed by atoms with Crippen LogP contribution in [0.15, 0.2) is 16.5 Å². The van der Waals surface area contributed by atoms with Crippen LogP contribution in [0.1, 0.15) is 62.2 Å². The molecule has 0 atom stereocenters. The van der Waals surface area contributed by atoms with Crippen molar-refractivity contribution in [1.82, 2.24) is 9.80 Å². The van der Waals surface area contributed by atoms with Crippen molar-refractivity contribution in [3.8, 4) is 0 Å². The van der Waals surface area contributed by atoms with Crippen LogP contribution in [-0.4, -0.2) is 78.9 Å². The van der Waals surface area contributed by atoms with E-state index in [1.165, 1.54) is 0 Å². The molecule has 0 bridgehead atoms. The number of anilines is 1. The third kappa shape index (κ3) is 5.05. The van der Waals surface area contributed by atoms with Gasteiger partial charge in [0.2, 0.25) is 0 Å². The maximum Gasteiger partial charge on any atom is 0.336 e. The molecule has 33 heavy (non-hydrogen) atoms. The summed E-state index contributed by atoms with van der Waals surface area (Å²) in [7, 11) is 0. The predicted molar refractivity (Wildman–Crippen MR) is 131 cm³/mol. The van der Waals surface area contributed by atoms with Crippen molar-refractivity contribution in [1.29, 1.82) is 0 Å². The SMILES string of the molecule is CCc1c(N(CC)C2CCOCC2)cc2oc(CN3CCN(C(C)C)CC3)cc2c1C(=O)O. The maximum atomic E-state index is 12.4. The lowest BCUT2D eigenvalue weighted by atomic mass is 9.96. The molecular weight excluding hydrogens is 418 g/mol. The van der Waals surface area contributed by atoms with Crippen molar-refractivity contribution in [3.63, 3.8) is 0 Å². The van der Waals surface area contributed by atoms with E-state index in [2.05, 4.69) is 41.5 Å². The molecule has 1 aromatic carbocycles. The van der Waals surface area contributed by atoms with Crippen molar-refractivity contribution < 1.29 is 19.1 Å². The van der Waals surface area contributed by atoms with Crippen molar-refractivity contribution in [2.24, 2.45) is 0 Å². The summed E-state index contributed by atoms with van der Waals surface area (Å²) >= 11 is 0. The molecule has 2 aliphatic heterocycles. The van der Waals surface area contributed by atoms with E-state index in [1.807, 2.05) is 13.0 Å². The number of ether oxygens (including phenoxy) is 1. The number of carboxylic acids is 1. The highest BCUT2D eigenvalue weighted by molar-refractivity contribution is 6.06. The van der Waals surface area contributed by atoms with E-state index in [0.717, 1.165) is 81.2 Å². The Morgan fingerprint density at radius 3 is 2.42 bits per heavy atom. The summed E-state index contributed by atoms with van der Waals surface area (Å²) in [6.07, 6.45) is 2.59. The van der Waals surface area contributed by atoms with Gasteiger partial charge in [0, 0.05) is 75.2 Å². The van der Waals surface area contributed by atoms with Crippen LogP contribution in [-0.2, 0) is 17.7 Å². The second-order valence-electron chi connectivity index (χ2n) is 9.57. The molecule has 7 heteroatoms. The normalized spacial score (nSPS) is 18.9. The zero-order chi connectivity index (χ0) is 23.5. The Balaban J connectivity index is 1.67. The van der Waals surface area contributed by atoms with Gasteiger partial charge in [0.15, 0.2) is 0 Å². The highest BCUT2D eigenvalue weighted by Crippen LogP contribution is 2.36. The zero-order valence-electron chi connectivity index (χ0n) is 20.6. The Morgan fingerprint density at radius 1 is 1.15 bits per heavy atom. The molecule has 3 heterocycles. The largest absolute Gasteiger partial charge is 0.478 e. The van der Waals surface area contributed by atoms with Crippen LogP contribution in [0.2, 0.25) is 0 Å². The Morgan fingerprint density at radius 2 is 1.85 bits per heavy atom. The number of piperazine rings is 1. The van der Waals surface area contributed by atoms with Gasteiger partial charge < -0.3 is 19.2 Å². The average Bonchev–Trinajstić information content (AvgIpc) is 3.21. The lowest BCUT2D eigenvalue weighted by Crippen LogP contribution is -2.48. The van der Waals surface area contributed by atoms with Gasteiger partial charge in [-0.1, -0.05) is 6.92 Å². The molecular formula is C26H39N3O4. The Labute approximate surface area is 197 Å². The molecule has 0 unspecified atom stereocenters. The minimum Gasteiger partial charge on any atom is -0.478 e. The molecule has 2 fully saturated rings. The van der Waals surface area contributed by atoms with Gasteiger partial charge in [-0.2, -0.15) is 0 Å². The summed E-state index contributed by atoms with van der Waals surface area (Å²) in [5.41, 5.74) is 2.99. The molecule has 1 aromatic heterocycles. The second-order valence-corrected chi connectivity index (χ2v) is 9.57. The first kappa shape index (κ1) is 24.0. The van der Waals surface area contributed by atoms with Gasteiger partial charge in [-0.25, -0.2) is 4.79 Å². The number of carboxylic acid groups (broad SMARTS) is 1. The molecule has 0 spiro atoms. The topological polar surface area (TPSA) is 69.4 Å². The number of hydrogen-bond acceptors (Lipinski definition) is 6. The van der Waals surface area contributed by atoms with Crippen molar-refractivity contribution >= 4 is 22.6 Å². The van der Waals surface area contributed by atoms with Crippen LogP contribution in [0.4, 0.5) is 5.69 Å². The molecule has 2 aromatic rings. The number of hydrogen-bond donors (Lipinski definition) is 1. The first-order valence-electron chi connectivity index (χ1n) is 12.5. The van der Waals surface area contributed by atoms with Crippen LogP contribution in [0.3, 0.4) is 0 Å². The summed E-state index contributed by atoms with van der Waals surface area (Å²) in [6, 6.07) is 4.97. The highest BCUT2D eigenvalue weighted by atomic mass is 16.5. The van der Waals surface area contributed by atoms with Crippen LogP contribution < -0.4 is 4.90 Å². The number of nitrogens with zero attached hydrogens (tertiary/aromatic N) is 3. The van der Waals surface area contributed by atoms with Gasteiger partial charge in [0.1, 0.15) is 11.3 Å². The van der Waals surface area contributed by atoms with Gasteiger partial charge in [-0.3, -0.25) is 9.80 Å². The number of rotatable bonds is 8. The lowest BCUT2D eigenvalue weighted by molar-refractivity contribution is 0.0697. The van der Waals surface area contributed by atoms with Gasteiger partial charge in [-0.15, -0.1) is 0 Å². The molecule has 182 valence electrons. The number of furan rings is 1. The van der Waals surface area contributed by atoms with Crippen LogP contribution in [0, 0.1) is 0 Å². The average molecular weight is 458 g/mol. The molecule has 1 N–H and O–H groups in total. The van der Waals surface area contributed by atoms with E-state index in [1.54, 1.807) is 0 Å². The Kier molecular flexibility index (Phi) is 7.62. The van der Waals surface area contributed by atoms with Crippen LogP contribution in [0.25, 0.3) is 11.0 Å². The molecule has 0 amide bonds. The third-order valence-corrected chi connectivity index (χ3v) is 7.33. The number of aromatic carboxylic acids is 1. The fourth-order valence-electron chi connectivity index (χ4n) is 5.48. The molecule has 2 aliphatic rings. The van der Waals surface area contributed by atoms with E-state index in [4.69, 9.17) is 9.15 Å². The van der Waals surface area contributed by atoms with E-state index in [9.17, 15) is 9.90 Å². The monoisotopic (exact) mass is 457 g/mol. The number of carbonyl (C=O) groups is 1. The summed E-state index contributed by atoms with van der Waals surface area (Å²) in [6.45, 7) is 15.8. The second kappa shape index (κ2) is 10.5. The summed E-state index contributed by atoms with van der Waals surface area (Å²) in [4.78, 5) is 19.7. The standard InChI is InChI=1S/C26H39N3O4/c1-5-21-23(29(6-2)19-7-13-32-14-8-19)16-24-22(25(21)26(30)31)15-20(33-24)17-27-9-11-28(12-10-27)18(3)4/h15-16,18-19H,5-14,17H2,1-4H3,(H,30,31). The smallest absolute Gasteiger partial charge is 0.336 e. The van der Waals surface area contributed by atoms with E-state index < -0.39 is 5.97 Å². The number of benzene rings is 1. The fraction of sp³-hybridized carbons (Fsp3) is 0.654. The molecule has 2 saturated heterocycles. The van der Waals surface area contributed by atoms with E-state index in [0.29, 0.717) is 36.2 Å². The quantitative estimate of drug-likeness (QED) is 0.636. The lowest BCUT2D eigenvalue weighted by Gasteiger charge is -2.36. The summed E-state index contributed by atoms with van der Waals surface area (Å²) in [5, 5.41) is 10.9. The van der Waals surface area contributed by atoms with Crippen LogP contribution in [0.5, 0.6) is 0 Å². The number of fused-ring (bicyclic) bond motifs is 1. The Hall–Kier alpha value is -2.09. The third-order valence-electron chi connectivity index (χ3n) is 7.33. The van der Waals surface area contributed by atoms with Crippen molar-refractivity contribution in [3.05, 3.63) is 29.0 Å². The minimum atomic E-state index is -0.875. The van der Waals surface area contributed by atoms with Gasteiger partial charge in [0.05, 0.1) is 12.1 Å². The first-order valence-corrected chi connectivity index (χ1v) is 12.5. The molecule has 4 rings (SSSR count). The van der Waals surface area contributed by atoms with E-state index in [-0.39, 0.29) is 0 Å². The van der Waals surface area contributed by atoms with Gasteiger partial charge in [0.25, 0.3) is 0 Å². The predicted octanol–water partition coefficient (Wildman–Crippen LogP) is 4.22.